The van der Waals surface area contributed by atoms with E-state index in [-0.39, 0.29) is 65.7 Å². The number of nitrogens with zero attached hydrogens (tertiary/aromatic N) is 1. The average Bonchev–Trinajstić information content (AvgIpc) is 3.27. The van der Waals surface area contributed by atoms with Gasteiger partial charge in [0.1, 0.15) is 23.3 Å². The van der Waals surface area contributed by atoms with Crippen LogP contribution in [0.15, 0.2) is 84.9 Å². The smallest absolute Gasteiger partial charge is 0.226 e. The molecule has 1 unspecified atom stereocenters. The van der Waals surface area contributed by atoms with Crippen LogP contribution in [0, 0.1) is 17.8 Å². The van der Waals surface area contributed by atoms with Gasteiger partial charge in [-0.2, -0.15) is 0 Å². The molecule has 4 aromatic rings. The highest BCUT2D eigenvalue weighted by molar-refractivity contribution is 5.98. The Hall–Kier alpha value is -5.94. The summed E-state index contributed by atoms with van der Waals surface area (Å²) in [7, 11) is 1.49. The van der Waals surface area contributed by atoms with Crippen LogP contribution >= 0.6 is 0 Å². The first-order valence-electron chi connectivity index (χ1n) is 22.3. The number of benzene rings is 4. The summed E-state index contributed by atoms with van der Waals surface area (Å²) < 4.78 is 0. The van der Waals surface area contributed by atoms with Crippen LogP contribution in [0.3, 0.4) is 0 Å². The lowest BCUT2D eigenvalue weighted by Crippen LogP contribution is -2.45. The predicted molar refractivity (Wildman–Crippen MR) is 245 cm³/mol. The van der Waals surface area contributed by atoms with Crippen molar-refractivity contribution >= 4 is 34.9 Å². The number of amides is 2. The second-order valence-electron chi connectivity index (χ2n) is 17.3. The molecule has 5 atom stereocenters. The minimum Gasteiger partial charge on any atom is -0.507 e. The maximum atomic E-state index is 14.6. The zero-order valence-electron chi connectivity index (χ0n) is 37.3. The third-order valence-electron chi connectivity index (χ3n) is 12.4. The number of ketones is 4. The summed E-state index contributed by atoms with van der Waals surface area (Å²) in [6.07, 6.45) is 5.05. The normalized spacial score (nSPS) is 17.5. The molecule has 63 heavy (non-hydrogen) atoms. The molecule has 0 aromatic heterocycles. The van der Waals surface area contributed by atoms with Gasteiger partial charge in [0.2, 0.25) is 11.8 Å². The van der Waals surface area contributed by atoms with Crippen LogP contribution in [-0.2, 0) is 36.8 Å². The first-order valence-corrected chi connectivity index (χ1v) is 22.3. The minimum absolute atomic E-state index is 0.0770. The van der Waals surface area contributed by atoms with Crippen molar-refractivity contribution in [2.75, 3.05) is 13.6 Å². The van der Waals surface area contributed by atoms with Crippen molar-refractivity contribution < 1.29 is 39.0 Å². The highest BCUT2D eigenvalue weighted by Crippen LogP contribution is 2.40. The summed E-state index contributed by atoms with van der Waals surface area (Å²) in [5.74, 6) is -4.50. The number of rotatable bonds is 18. The second-order valence-corrected chi connectivity index (χ2v) is 17.3. The number of fused-ring (bicyclic) bond motifs is 5. The molecule has 0 saturated carbocycles. The van der Waals surface area contributed by atoms with Crippen molar-refractivity contribution in [1.29, 1.82) is 0 Å². The molecule has 1 aliphatic heterocycles. The molecular formula is C52H63N3O8. The largest absolute Gasteiger partial charge is 0.507 e. The van der Waals surface area contributed by atoms with Gasteiger partial charge in [-0.15, -0.1) is 0 Å². The van der Waals surface area contributed by atoms with Gasteiger partial charge in [0.25, 0.3) is 0 Å². The second kappa shape index (κ2) is 22.4. The molecule has 334 valence electrons. The standard InChI is InChI=1S/C52H63N3O8/c1-6-7-10-35-13-16-37(17-14-35)38-18-20-39(21-19-38)45(57)23-12-32(2)48(60)31-41(11-8-9-26-53)52(63)55(5)50-40-22-25-47(59)43(30-40)42-28-36(15-24-46(42)58)29-44(34(4)56)54-51(62)33(3)27-49(50)61/h13-22,24-25,28,30,32-33,41,44,50,58-59H,6-12,23,26-27,29,31,53H2,1-5H3,(H,54,62)/t32?,33-,41-,44+,50+/m1/s1. The lowest BCUT2D eigenvalue weighted by molar-refractivity contribution is -0.144. The number of hydrogen-bond acceptors (Lipinski definition) is 9. The molecule has 4 aromatic carbocycles. The highest BCUT2D eigenvalue weighted by atomic mass is 16.3. The molecule has 4 bridgehead atoms. The van der Waals surface area contributed by atoms with Crippen LogP contribution in [0.2, 0.25) is 0 Å². The van der Waals surface area contributed by atoms with E-state index in [4.69, 9.17) is 5.73 Å². The molecule has 0 saturated heterocycles. The SMILES string of the molecule is CCCCc1ccc(-c2ccc(C(=O)CCC(C)C(=O)C[C@@H](CCCCN)C(=O)N(C)[C@@H]3C(=O)C[C@@H](C)C(=O)N[C@H](C(C)=O)Cc4ccc(O)c(c4)-c4cc3ccc4O)cc2)cc1. The Balaban J connectivity index is 1.34. The zero-order valence-corrected chi connectivity index (χ0v) is 37.3. The first-order chi connectivity index (χ1) is 30.1. The van der Waals surface area contributed by atoms with Crippen LogP contribution in [-0.4, -0.2) is 69.7 Å². The third kappa shape index (κ3) is 12.6. The molecule has 5 N–H and O–H groups in total. The van der Waals surface area contributed by atoms with Crippen molar-refractivity contribution in [3.63, 3.8) is 0 Å². The van der Waals surface area contributed by atoms with Crippen LogP contribution in [0.1, 0.15) is 119 Å². The number of hydrogen-bond donors (Lipinski definition) is 4. The maximum Gasteiger partial charge on any atom is 0.226 e. The van der Waals surface area contributed by atoms with E-state index >= 15 is 0 Å². The Morgan fingerprint density at radius 2 is 1.46 bits per heavy atom. The molecule has 5 rings (SSSR count). The van der Waals surface area contributed by atoms with E-state index in [1.54, 1.807) is 32.0 Å². The quantitative estimate of drug-likeness (QED) is 0.0563. The van der Waals surface area contributed by atoms with Crippen molar-refractivity contribution in [3.8, 4) is 33.8 Å². The molecule has 1 heterocycles. The van der Waals surface area contributed by atoms with Gasteiger partial charge in [-0.05, 0) is 104 Å². The monoisotopic (exact) mass is 857 g/mol. The number of nitrogens with one attached hydrogen (secondary N) is 1. The molecule has 11 nitrogen and oxygen atoms in total. The van der Waals surface area contributed by atoms with Gasteiger partial charge >= 0.3 is 0 Å². The van der Waals surface area contributed by atoms with E-state index in [9.17, 15) is 39.0 Å². The van der Waals surface area contributed by atoms with Crippen LogP contribution < -0.4 is 11.1 Å². The number of Topliss-reactive ketones (excluding diaryl/α,β-unsaturated/α-hetero) is 4. The Labute approximate surface area is 371 Å². The molecule has 11 heteroatoms. The van der Waals surface area contributed by atoms with Gasteiger partial charge in [-0.1, -0.05) is 94.3 Å². The molecular weight excluding hydrogens is 795 g/mol. The number of likely N-dealkylation sites (N-methyl/N-ethyl adjacent to an activating group) is 1. The van der Waals surface area contributed by atoms with Crippen molar-refractivity contribution in [2.24, 2.45) is 23.5 Å². The van der Waals surface area contributed by atoms with E-state index < -0.39 is 47.4 Å². The number of carbonyl (C=O) groups excluding carboxylic acids is 6. The summed E-state index contributed by atoms with van der Waals surface area (Å²) in [5.41, 5.74) is 11.2. The maximum absolute atomic E-state index is 14.6. The molecule has 2 amide bonds. The van der Waals surface area contributed by atoms with E-state index in [2.05, 4.69) is 36.5 Å². The molecule has 1 aliphatic rings. The minimum atomic E-state index is -1.23. The van der Waals surface area contributed by atoms with Gasteiger partial charge in [0.05, 0.1) is 6.04 Å². The number of carbonyl (C=O) groups is 6. The summed E-state index contributed by atoms with van der Waals surface area (Å²) in [5, 5.41) is 24.8. The van der Waals surface area contributed by atoms with Crippen molar-refractivity contribution in [1.82, 2.24) is 10.2 Å². The van der Waals surface area contributed by atoms with E-state index in [0.717, 1.165) is 30.4 Å². The molecule has 0 radical (unpaired) electrons. The van der Waals surface area contributed by atoms with Crippen molar-refractivity contribution in [3.05, 3.63) is 107 Å². The summed E-state index contributed by atoms with van der Waals surface area (Å²) in [4.78, 5) is 83.5. The van der Waals surface area contributed by atoms with E-state index in [0.29, 0.717) is 48.9 Å². The number of aryl methyl sites for hydroxylation is 1. The Kier molecular flexibility index (Phi) is 17.1. The number of phenolic OH excluding ortho intramolecular Hbond substituents is 2. The fraction of sp³-hybridized carbons (Fsp3) is 0.423. The summed E-state index contributed by atoms with van der Waals surface area (Å²) in [6.45, 7) is 7.28. The Morgan fingerprint density at radius 1 is 0.825 bits per heavy atom. The average molecular weight is 858 g/mol. The predicted octanol–water partition coefficient (Wildman–Crippen LogP) is 8.50. The van der Waals surface area contributed by atoms with Crippen LogP contribution in [0.5, 0.6) is 11.5 Å². The molecule has 0 fully saturated rings. The van der Waals surface area contributed by atoms with Crippen LogP contribution in [0.25, 0.3) is 22.3 Å². The molecule has 0 aliphatic carbocycles. The fourth-order valence-electron chi connectivity index (χ4n) is 8.30. The van der Waals surface area contributed by atoms with E-state index in [1.807, 2.05) is 24.3 Å². The van der Waals surface area contributed by atoms with Gasteiger partial charge < -0.3 is 26.2 Å². The number of phenols is 2. The topological polar surface area (TPSA) is 184 Å². The van der Waals surface area contributed by atoms with Gasteiger partial charge in [-0.25, -0.2) is 0 Å². The van der Waals surface area contributed by atoms with Gasteiger partial charge in [0.15, 0.2) is 17.3 Å². The highest BCUT2D eigenvalue weighted by Gasteiger charge is 2.36. The molecule has 0 spiro atoms. The third-order valence-corrected chi connectivity index (χ3v) is 12.4. The lowest BCUT2D eigenvalue weighted by atomic mass is 9.86. The lowest BCUT2D eigenvalue weighted by Gasteiger charge is -2.32. The summed E-state index contributed by atoms with van der Waals surface area (Å²) >= 11 is 0. The number of aromatic hydroxyl groups is 2. The number of unbranched alkanes of at least 4 members (excludes halogenated alkanes) is 2. The fourth-order valence-corrected chi connectivity index (χ4v) is 8.30. The van der Waals surface area contributed by atoms with Crippen molar-refractivity contribution in [2.45, 2.75) is 110 Å². The Bertz CT molecular complexity index is 2270. The summed E-state index contributed by atoms with van der Waals surface area (Å²) in [6, 6.07) is 23.0. The van der Waals surface area contributed by atoms with Gasteiger partial charge in [0, 0.05) is 60.8 Å². The van der Waals surface area contributed by atoms with Gasteiger partial charge in [-0.3, -0.25) is 28.8 Å². The zero-order chi connectivity index (χ0) is 45.8. The van der Waals surface area contributed by atoms with E-state index in [1.165, 1.54) is 42.6 Å². The first kappa shape index (κ1) is 48.1. The number of nitrogens with two attached hydrogens (primary N) is 1. The van der Waals surface area contributed by atoms with Crippen LogP contribution in [0.4, 0.5) is 0 Å². The Morgan fingerprint density at radius 3 is 2.10 bits per heavy atom.